The Hall–Kier alpha value is -1.88. The van der Waals surface area contributed by atoms with Crippen LogP contribution in [0.25, 0.3) is 0 Å². The Balaban J connectivity index is 2.64. The smallest absolute Gasteiger partial charge is 0.194 e. The molecule has 5 heteroatoms. The third-order valence-electron chi connectivity index (χ3n) is 3.51. The van der Waals surface area contributed by atoms with Gasteiger partial charge in [0.2, 0.25) is 0 Å². The second-order valence-electron chi connectivity index (χ2n) is 4.94. The lowest BCUT2D eigenvalue weighted by Crippen LogP contribution is -2.22. The van der Waals surface area contributed by atoms with Gasteiger partial charge in [0.15, 0.2) is 17.5 Å². The van der Waals surface area contributed by atoms with Crippen molar-refractivity contribution in [2.24, 2.45) is 0 Å². The van der Waals surface area contributed by atoms with E-state index >= 15 is 0 Å². The van der Waals surface area contributed by atoms with E-state index < -0.39 is 29.3 Å². The molecule has 0 heterocycles. The highest BCUT2D eigenvalue weighted by Gasteiger charge is 2.23. The van der Waals surface area contributed by atoms with Crippen LogP contribution in [0.3, 0.4) is 0 Å². The van der Waals surface area contributed by atoms with Gasteiger partial charge in [0.25, 0.3) is 0 Å². The average molecular weight is 297 g/mol. The van der Waals surface area contributed by atoms with Gasteiger partial charge in [-0.25, -0.2) is 17.6 Å². The van der Waals surface area contributed by atoms with Crippen molar-refractivity contribution in [3.05, 3.63) is 69.8 Å². The average Bonchev–Trinajstić information content (AvgIpc) is 2.41. The third-order valence-corrected chi connectivity index (χ3v) is 3.51. The summed E-state index contributed by atoms with van der Waals surface area (Å²) in [5.74, 6) is -4.38. The topological polar surface area (TPSA) is 12.0 Å². The van der Waals surface area contributed by atoms with E-state index in [1.54, 1.807) is 20.9 Å². The second-order valence-corrected chi connectivity index (χ2v) is 4.94. The molecule has 2 aromatic carbocycles. The van der Waals surface area contributed by atoms with Crippen LogP contribution in [0.5, 0.6) is 0 Å². The Kier molecular flexibility index (Phi) is 4.32. The zero-order valence-corrected chi connectivity index (χ0v) is 11.9. The van der Waals surface area contributed by atoms with Crippen molar-refractivity contribution < 1.29 is 17.6 Å². The van der Waals surface area contributed by atoms with E-state index in [0.717, 1.165) is 6.07 Å². The van der Waals surface area contributed by atoms with Gasteiger partial charge in [0.1, 0.15) is 5.82 Å². The van der Waals surface area contributed by atoms with Gasteiger partial charge in [-0.05, 0) is 55.8 Å². The van der Waals surface area contributed by atoms with Gasteiger partial charge in [-0.3, -0.25) is 0 Å². The molecule has 0 saturated heterocycles. The summed E-state index contributed by atoms with van der Waals surface area (Å²) >= 11 is 0. The van der Waals surface area contributed by atoms with Gasteiger partial charge in [-0.1, -0.05) is 6.07 Å². The van der Waals surface area contributed by atoms with Crippen LogP contribution in [0.4, 0.5) is 17.6 Å². The van der Waals surface area contributed by atoms with Crippen molar-refractivity contribution in [1.29, 1.82) is 0 Å². The summed E-state index contributed by atoms with van der Waals surface area (Å²) in [6.07, 6.45) is 0. The fourth-order valence-electron chi connectivity index (χ4n) is 2.60. The molecule has 0 spiro atoms. The zero-order valence-electron chi connectivity index (χ0n) is 11.9. The first-order chi connectivity index (χ1) is 9.86. The van der Waals surface area contributed by atoms with Crippen LogP contribution >= 0.6 is 0 Å². The summed E-state index contributed by atoms with van der Waals surface area (Å²) in [7, 11) is 1.58. The fourth-order valence-corrected chi connectivity index (χ4v) is 2.60. The maximum atomic E-state index is 14.0. The molecular formula is C16H15F4N. The van der Waals surface area contributed by atoms with Gasteiger partial charge >= 0.3 is 0 Å². The zero-order chi connectivity index (χ0) is 15.7. The van der Waals surface area contributed by atoms with Gasteiger partial charge in [-0.15, -0.1) is 0 Å². The first kappa shape index (κ1) is 15.5. The Morgan fingerprint density at radius 2 is 1.48 bits per heavy atom. The van der Waals surface area contributed by atoms with Crippen molar-refractivity contribution in [3.63, 3.8) is 0 Å². The summed E-state index contributed by atoms with van der Waals surface area (Å²) in [4.78, 5) is 0. The van der Waals surface area contributed by atoms with Crippen molar-refractivity contribution in [3.8, 4) is 0 Å². The molecule has 0 aromatic heterocycles. The van der Waals surface area contributed by atoms with Gasteiger partial charge in [0, 0.05) is 5.56 Å². The number of rotatable bonds is 3. The van der Waals surface area contributed by atoms with Gasteiger partial charge < -0.3 is 5.32 Å². The predicted molar refractivity (Wildman–Crippen MR) is 73.1 cm³/mol. The van der Waals surface area contributed by atoms with E-state index in [2.05, 4.69) is 5.32 Å². The molecule has 0 saturated carbocycles. The summed E-state index contributed by atoms with van der Waals surface area (Å²) < 4.78 is 53.9. The molecule has 1 nitrogen and oxygen atoms in total. The number of benzene rings is 2. The van der Waals surface area contributed by atoms with E-state index in [1.165, 1.54) is 18.2 Å². The molecule has 0 aliphatic rings. The molecule has 2 aromatic rings. The highest BCUT2D eigenvalue weighted by atomic mass is 19.2. The van der Waals surface area contributed by atoms with Crippen molar-refractivity contribution >= 4 is 0 Å². The summed E-state index contributed by atoms with van der Waals surface area (Å²) in [6.45, 7) is 3.38. The summed E-state index contributed by atoms with van der Waals surface area (Å²) in [5, 5.41) is 2.87. The SMILES string of the molecule is CNC(c1ccc(F)c(F)c1F)c1c(C)cc(F)cc1C. The monoisotopic (exact) mass is 297 g/mol. The highest BCUT2D eigenvalue weighted by molar-refractivity contribution is 5.43. The largest absolute Gasteiger partial charge is 0.309 e. The molecule has 21 heavy (non-hydrogen) atoms. The molecule has 2 rings (SSSR count). The Labute approximate surface area is 120 Å². The fraction of sp³-hybridized carbons (Fsp3) is 0.250. The number of hydrogen-bond acceptors (Lipinski definition) is 1. The summed E-state index contributed by atoms with van der Waals surface area (Å²) in [5.41, 5.74) is 1.84. The predicted octanol–water partition coefficient (Wildman–Crippen LogP) is 4.17. The van der Waals surface area contributed by atoms with Crippen molar-refractivity contribution in [1.82, 2.24) is 5.32 Å². The number of hydrogen-bond donors (Lipinski definition) is 1. The molecule has 1 unspecified atom stereocenters. The van der Waals surface area contributed by atoms with Crippen molar-refractivity contribution in [2.45, 2.75) is 19.9 Å². The highest BCUT2D eigenvalue weighted by Crippen LogP contribution is 2.31. The number of halogens is 4. The van der Waals surface area contributed by atoms with Gasteiger partial charge in [-0.2, -0.15) is 0 Å². The minimum absolute atomic E-state index is 0.0193. The molecule has 1 atom stereocenters. The second kappa shape index (κ2) is 5.85. The van der Waals surface area contributed by atoms with E-state index in [1.807, 2.05) is 0 Å². The number of aryl methyl sites for hydroxylation is 2. The van der Waals surface area contributed by atoms with Crippen LogP contribution < -0.4 is 5.32 Å². The Morgan fingerprint density at radius 3 is 2.00 bits per heavy atom. The van der Waals surface area contributed by atoms with Crippen LogP contribution in [-0.4, -0.2) is 7.05 Å². The Bertz CT molecular complexity index is 659. The molecule has 0 amide bonds. The van der Waals surface area contributed by atoms with E-state index in [0.29, 0.717) is 16.7 Å². The van der Waals surface area contributed by atoms with Crippen LogP contribution in [0, 0.1) is 37.1 Å². The van der Waals surface area contributed by atoms with Crippen LogP contribution in [0.1, 0.15) is 28.3 Å². The standard InChI is InChI=1S/C16H15F4N/c1-8-6-10(17)7-9(2)13(8)16(21-3)11-4-5-12(18)15(20)14(11)19/h4-7,16,21H,1-3H3. The molecular weight excluding hydrogens is 282 g/mol. The molecule has 0 aliphatic carbocycles. The van der Waals surface area contributed by atoms with Crippen LogP contribution in [0.2, 0.25) is 0 Å². The molecule has 0 fully saturated rings. The summed E-state index contributed by atoms with van der Waals surface area (Å²) in [6, 6.07) is 4.03. The van der Waals surface area contributed by atoms with Crippen LogP contribution in [-0.2, 0) is 0 Å². The lowest BCUT2D eigenvalue weighted by Gasteiger charge is -2.22. The number of nitrogens with one attached hydrogen (secondary N) is 1. The molecule has 1 N–H and O–H groups in total. The first-order valence-electron chi connectivity index (χ1n) is 6.44. The maximum absolute atomic E-state index is 14.0. The van der Waals surface area contributed by atoms with E-state index in [9.17, 15) is 17.6 Å². The van der Waals surface area contributed by atoms with Crippen molar-refractivity contribution in [2.75, 3.05) is 7.05 Å². The molecule has 0 bridgehead atoms. The molecule has 0 radical (unpaired) electrons. The lowest BCUT2D eigenvalue weighted by atomic mass is 9.91. The minimum Gasteiger partial charge on any atom is -0.309 e. The normalized spacial score (nSPS) is 12.5. The minimum atomic E-state index is -1.51. The quantitative estimate of drug-likeness (QED) is 0.662. The van der Waals surface area contributed by atoms with Crippen LogP contribution in [0.15, 0.2) is 24.3 Å². The first-order valence-corrected chi connectivity index (χ1v) is 6.44. The lowest BCUT2D eigenvalue weighted by molar-refractivity contribution is 0.434. The maximum Gasteiger partial charge on any atom is 0.194 e. The van der Waals surface area contributed by atoms with E-state index in [-0.39, 0.29) is 5.56 Å². The van der Waals surface area contributed by atoms with Gasteiger partial charge in [0.05, 0.1) is 6.04 Å². The molecule has 0 aliphatic heterocycles. The van der Waals surface area contributed by atoms with E-state index in [4.69, 9.17) is 0 Å². The Morgan fingerprint density at radius 1 is 0.905 bits per heavy atom. The third kappa shape index (κ3) is 2.78. The molecule has 112 valence electrons.